The van der Waals surface area contributed by atoms with Crippen LogP contribution in [0.15, 0.2) is 66.7 Å². The number of rotatable bonds is 15. The van der Waals surface area contributed by atoms with Gasteiger partial charge in [0.2, 0.25) is 0 Å². The summed E-state index contributed by atoms with van der Waals surface area (Å²) >= 11 is 0. The predicted molar refractivity (Wildman–Crippen MR) is 176 cm³/mol. The summed E-state index contributed by atoms with van der Waals surface area (Å²) in [6.45, 7) is 8.08. The molecule has 3 aromatic rings. The summed E-state index contributed by atoms with van der Waals surface area (Å²) in [6.07, 6.45) is 4.40. The molecule has 43 heavy (non-hydrogen) atoms. The van der Waals surface area contributed by atoms with E-state index in [1.807, 2.05) is 24.3 Å². The molecular formula is C36H50N4O3. The van der Waals surface area contributed by atoms with E-state index in [-0.39, 0.29) is 0 Å². The number of para-hydroxylation sites is 1. The Kier molecular flexibility index (Phi) is 11.7. The molecule has 2 atom stereocenters. The molecule has 5 rings (SSSR count). The van der Waals surface area contributed by atoms with E-state index < -0.39 is 0 Å². The van der Waals surface area contributed by atoms with E-state index in [1.54, 1.807) is 7.11 Å². The van der Waals surface area contributed by atoms with Gasteiger partial charge in [-0.3, -0.25) is 0 Å². The summed E-state index contributed by atoms with van der Waals surface area (Å²) in [5, 5.41) is 7.51. The fraction of sp³-hybridized carbons (Fsp3) is 0.500. The van der Waals surface area contributed by atoms with Crippen molar-refractivity contribution in [3.63, 3.8) is 0 Å². The number of nitrogens with one attached hydrogen (secondary N) is 2. The van der Waals surface area contributed by atoms with Gasteiger partial charge in [-0.15, -0.1) is 0 Å². The van der Waals surface area contributed by atoms with Gasteiger partial charge in [-0.25, -0.2) is 0 Å². The van der Waals surface area contributed by atoms with E-state index >= 15 is 0 Å². The van der Waals surface area contributed by atoms with Crippen molar-refractivity contribution < 1.29 is 14.2 Å². The summed E-state index contributed by atoms with van der Waals surface area (Å²) in [5.41, 5.74) is 6.75. The second kappa shape index (κ2) is 16.1. The van der Waals surface area contributed by atoms with Gasteiger partial charge >= 0.3 is 0 Å². The molecule has 2 aliphatic heterocycles. The standard InChI is InChI=1S/C36H50N4O3/c1-39(2)20-21-40-19-6-9-30-12-11-28(24-35(30)40)25-38-34-26-37-18-17-33(34)29-13-15-32(16-14-29)43-23-7-22-42-27-31-8-4-5-10-36(31)41-3/h4-5,8,10-16,24,33-34,37-38H,6-7,9,17-23,25-27H2,1-3H3/t33-,34-/m0/s1. The van der Waals surface area contributed by atoms with Crippen molar-refractivity contribution in [2.24, 2.45) is 0 Å². The van der Waals surface area contributed by atoms with Gasteiger partial charge < -0.3 is 34.6 Å². The highest BCUT2D eigenvalue weighted by Crippen LogP contribution is 2.30. The van der Waals surface area contributed by atoms with Crippen LogP contribution in [0, 0.1) is 0 Å². The predicted octanol–water partition coefficient (Wildman–Crippen LogP) is 5.23. The highest BCUT2D eigenvalue weighted by atomic mass is 16.5. The molecular weight excluding hydrogens is 536 g/mol. The number of aryl methyl sites for hydroxylation is 1. The molecule has 0 amide bonds. The van der Waals surface area contributed by atoms with Crippen LogP contribution in [0.2, 0.25) is 0 Å². The maximum Gasteiger partial charge on any atom is 0.124 e. The first-order valence-corrected chi connectivity index (χ1v) is 16.0. The average molecular weight is 587 g/mol. The number of benzene rings is 3. The fourth-order valence-corrected chi connectivity index (χ4v) is 6.25. The van der Waals surface area contributed by atoms with Crippen LogP contribution in [0.4, 0.5) is 5.69 Å². The Labute approximate surface area is 258 Å². The fourth-order valence-electron chi connectivity index (χ4n) is 6.25. The number of hydrogen-bond donors (Lipinski definition) is 2. The molecule has 0 unspecified atom stereocenters. The topological polar surface area (TPSA) is 58.2 Å². The van der Waals surface area contributed by atoms with E-state index in [0.717, 1.165) is 69.2 Å². The maximum absolute atomic E-state index is 6.02. The molecule has 0 spiro atoms. The van der Waals surface area contributed by atoms with Crippen molar-refractivity contribution in [3.05, 3.63) is 89.0 Å². The number of anilines is 1. The van der Waals surface area contributed by atoms with E-state index in [2.05, 4.69) is 77.0 Å². The molecule has 0 aromatic heterocycles. The van der Waals surface area contributed by atoms with Gasteiger partial charge in [0.15, 0.2) is 0 Å². The lowest BCUT2D eigenvalue weighted by Gasteiger charge is -2.34. The van der Waals surface area contributed by atoms with Gasteiger partial charge in [0, 0.05) is 62.4 Å². The minimum atomic E-state index is 0.391. The van der Waals surface area contributed by atoms with Gasteiger partial charge in [-0.05, 0) is 80.9 Å². The van der Waals surface area contributed by atoms with E-state index in [1.165, 1.54) is 35.2 Å². The smallest absolute Gasteiger partial charge is 0.124 e. The molecule has 2 heterocycles. The minimum Gasteiger partial charge on any atom is -0.496 e. The maximum atomic E-state index is 6.02. The zero-order valence-corrected chi connectivity index (χ0v) is 26.3. The quantitative estimate of drug-likeness (QED) is 0.237. The van der Waals surface area contributed by atoms with Crippen molar-refractivity contribution in [2.75, 3.05) is 72.0 Å². The van der Waals surface area contributed by atoms with Gasteiger partial charge in [-0.1, -0.05) is 42.5 Å². The third-order valence-electron chi connectivity index (χ3n) is 8.69. The molecule has 232 valence electrons. The largest absolute Gasteiger partial charge is 0.496 e. The molecule has 0 radical (unpaired) electrons. The molecule has 1 saturated heterocycles. The van der Waals surface area contributed by atoms with Crippen LogP contribution in [0.25, 0.3) is 0 Å². The van der Waals surface area contributed by atoms with Crippen LogP contribution in [0.3, 0.4) is 0 Å². The molecule has 0 bridgehead atoms. The lowest BCUT2D eigenvalue weighted by molar-refractivity contribution is 0.105. The van der Waals surface area contributed by atoms with Crippen LogP contribution in [-0.4, -0.2) is 78.1 Å². The van der Waals surface area contributed by atoms with Gasteiger partial charge in [0.05, 0.1) is 26.9 Å². The number of ether oxygens (including phenoxy) is 3. The first-order valence-electron chi connectivity index (χ1n) is 16.0. The van der Waals surface area contributed by atoms with Crippen LogP contribution >= 0.6 is 0 Å². The first kappa shape index (κ1) is 31.3. The molecule has 1 fully saturated rings. The third kappa shape index (κ3) is 8.96. The summed E-state index contributed by atoms with van der Waals surface area (Å²) in [4.78, 5) is 4.85. The van der Waals surface area contributed by atoms with Crippen LogP contribution in [0.1, 0.15) is 47.4 Å². The van der Waals surface area contributed by atoms with Crippen molar-refractivity contribution in [2.45, 2.75) is 50.8 Å². The lowest BCUT2D eigenvalue weighted by atomic mass is 9.86. The SMILES string of the molecule is COc1ccccc1COCCCOc1ccc([C@@H]2CCNC[C@@H]2NCc2ccc3c(c2)N(CCN(C)C)CCC3)cc1. The number of hydrogen-bond acceptors (Lipinski definition) is 7. The van der Waals surface area contributed by atoms with Crippen molar-refractivity contribution in [3.8, 4) is 11.5 Å². The second-order valence-corrected chi connectivity index (χ2v) is 12.1. The zero-order chi connectivity index (χ0) is 29.9. The number of fused-ring (bicyclic) bond motifs is 1. The summed E-state index contributed by atoms with van der Waals surface area (Å²) < 4.78 is 17.3. The van der Waals surface area contributed by atoms with Crippen LogP contribution in [0.5, 0.6) is 11.5 Å². The Hall–Kier alpha value is -3.10. The molecule has 0 saturated carbocycles. The first-order chi connectivity index (χ1) is 21.1. The van der Waals surface area contributed by atoms with Crippen LogP contribution < -0.4 is 25.0 Å². The Bertz CT molecular complexity index is 1270. The molecule has 7 nitrogen and oxygen atoms in total. The number of nitrogens with zero attached hydrogens (tertiary/aromatic N) is 2. The molecule has 3 aromatic carbocycles. The van der Waals surface area contributed by atoms with E-state index in [0.29, 0.717) is 31.8 Å². The van der Waals surface area contributed by atoms with Gasteiger partial charge in [-0.2, -0.15) is 0 Å². The van der Waals surface area contributed by atoms with Crippen molar-refractivity contribution >= 4 is 5.69 Å². The highest BCUT2D eigenvalue weighted by Gasteiger charge is 2.26. The van der Waals surface area contributed by atoms with Crippen molar-refractivity contribution in [1.82, 2.24) is 15.5 Å². The number of likely N-dealkylation sites (N-methyl/N-ethyl adjacent to an activating group) is 1. The van der Waals surface area contributed by atoms with E-state index in [9.17, 15) is 0 Å². The van der Waals surface area contributed by atoms with Gasteiger partial charge in [0.25, 0.3) is 0 Å². The Morgan fingerprint density at radius 1 is 1.02 bits per heavy atom. The summed E-state index contributed by atoms with van der Waals surface area (Å²) in [6, 6.07) is 24.2. The normalized spacial score (nSPS) is 18.5. The number of methoxy groups -OCH3 is 1. The highest BCUT2D eigenvalue weighted by molar-refractivity contribution is 5.57. The third-order valence-corrected chi connectivity index (χ3v) is 8.69. The molecule has 7 heteroatoms. The molecule has 2 aliphatic rings. The Morgan fingerprint density at radius 2 is 1.88 bits per heavy atom. The lowest BCUT2D eigenvalue weighted by Crippen LogP contribution is -2.47. The second-order valence-electron chi connectivity index (χ2n) is 12.1. The molecule has 2 N–H and O–H groups in total. The Morgan fingerprint density at radius 3 is 2.72 bits per heavy atom. The molecule has 0 aliphatic carbocycles. The van der Waals surface area contributed by atoms with Crippen molar-refractivity contribution in [1.29, 1.82) is 0 Å². The van der Waals surface area contributed by atoms with Crippen LogP contribution in [-0.2, 0) is 24.3 Å². The zero-order valence-electron chi connectivity index (χ0n) is 26.3. The average Bonchev–Trinajstić information content (AvgIpc) is 3.05. The van der Waals surface area contributed by atoms with E-state index in [4.69, 9.17) is 14.2 Å². The summed E-state index contributed by atoms with van der Waals surface area (Å²) in [7, 11) is 6.00. The minimum absolute atomic E-state index is 0.391. The Balaban J connectivity index is 1.09. The monoisotopic (exact) mass is 586 g/mol. The van der Waals surface area contributed by atoms with Gasteiger partial charge in [0.1, 0.15) is 11.5 Å². The number of piperidine rings is 1. The summed E-state index contributed by atoms with van der Waals surface area (Å²) in [5.74, 6) is 2.26.